The van der Waals surface area contributed by atoms with E-state index in [1.54, 1.807) is 6.07 Å². The monoisotopic (exact) mass is 379 g/mol. The zero-order valence-corrected chi connectivity index (χ0v) is 16.7. The quantitative estimate of drug-likeness (QED) is 0.722. The fourth-order valence-corrected chi connectivity index (χ4v) is 4.52. The number of methoxy groups -OCH3 is 1. The van der Waals surface area contributed by atoms with Gasteiger partial charge >= 0.3 is 5.97 Å². The van der Waals surface area contributed by atoms with Gasteiger partial charge in [-0.2, -0.15) is 0 Å². The van der Waals surface area contributed by atoms with E-state index < -0.39 is 0 Å². The fraction of sp³-hybridized carbons (Fsp3) is 0.458. The maximum atomic E-state index is 11.7. The molecule has 1 saturated carbocycles. The largest absolute Gasteiger partial charge is 0.489 e. The van der Waals surface area contributed by atoms with E-state index in [0.29, 0.717) is 12.2 Å². The lowest BCUT2D eigenvalue weighted by atomic mass is 10.0. The molecule has 4 nitrogen and oxygen atoms in total. The molecule has 4 rings (SSSR count). The van der Waals surface area contributed by atoms with Gasteiger partial charge < -0.3 is 9.47 Å². The molecule has 0 aromatic heterocycles. The summed E-state index contributed by atoms with van der Waals surface area (Å²) in [5.41, 5.74) is 4.39. The molecule has 2 aromatic carbocycles. The molecular formula is C24H29NO3. The van der Waals surface area contributed by atoms with Crippen LogP contribution in [0.25, 0.3) is 0 Å². The average Bonchev–Trinajstić information content (AvgIpc) is 3.19. The number of esters is 1. The van der Waals surface area contributed by atoms with Crippen LogP contribution in [0.15, 0.2) is 42.5 Å². The molecule has 28 heavy (non-hydrogen) atoms. The van der Waals surface area contributed by atoms with Crippen LogP contribution in [0.4, 0.5) is 0 Å². The SMILES string of the molecule is COC(=O)c1cccc(COc2ccc3c(c2)CCN(C2CCCC2)CC3)c1. The van der Waals surface area contributed by atoms with Crippen LogP contribution in [0.2, 0.25) is 0 Å². The molecule has 0 spiro atoms. The Hall–Kier alpha value is -2.33. The van der Waals surface area contributed by atoms with Crippen LogP contribution in [0, 0.1) is 0 Å². The van der Waals surface area contributed by atoms with E-state index in [4.69, 9.17) is 9.47 Å². The zero-order valence-electron chi connectivity index (χ0n) is 16.7. The number of benzene rings is 2. The molecule has 2 aromatic rings. The molecule has 0 unspecified atom stereocenters. The Morgan fingerprint density at radius 2 is 1.82 bits per heavy atom. The van der Waals surface area contributed by atoms with Crippen molar-refractivity contribution in [3.63, 3.8) is 0 Å². The van der Waals surface area contributed by atoms with Crippen LogP contribution in [0.1, 0.15) is 52.7 Å². The summed E-state index contributed by atoms with van der Waals surface area (Å²) in [5, 5.41) is 0. The molecule has 1 heterocycles. The van der Waals surface area contributed by atoms with Crippen LogP contribution >= 0.6 is 0 Å². The van der Waals surface area contributed by atoms with Crippen LogP contribution in [0.5, 0.6) is 5.75 Å². The van der Waals surface area contributed by atoms with E-state index in [1.165, 1.54) is 50.5 Å². The van der Waals surface area contributed by atoms with Gasteiger partial charge in [-0.25, -0.2) is 4.79 Å². The van der Waals surface area contributed by atoms with E-state index in [-0.39, 0.29) is 5.97 Å². The Labute approximate surface area is 167 Å². The van der Waals surface area contributed by atoms with Crippen molar-refractivity contribution in [1.82, 2.24) is 4.90 Å². The number of fused-ring (bicyclic) bond motifs is 1. The molecule has 0 bridgehead atoms. The first-order valence-corrected chi connectivity index (χ1v) is 10.4. The van der Waals surface area contributed by atoms with Gasteiger partial charge in [-0.1, -0.05) is 31.0 Å². The summed E-state index contributed by atoms with van der Waals surface area (Å²) < 4.78 is 10.8. The summed E-state index contributed by atoms with van der Waals surface area (Å²) >= 11 is 0. The van der Waals surface area contributed by atoms with Crippen molar-refractivity contribution in [1.29, 1.82) is 0 Å². The van der Waals surface area contributed by atoms with Crippen molar-refractivity contribution >= 4 is 5.97 Å². The summed E-state index contributed by atoms with van der Waals surface area (Å²) in [7, 11) is 1.40. The van der Waals surface area contributed by atoms with E-state index in [1.807, 2.05) is 18.2 Å². The molecule has 0 saturated heterocycles. The molecule has 148 valence electrons. The zero-order chi connectivity index (χ0) is 19.3. The second-order valence-electron chi connectivity index (χ2n) is 7.89. The Kier molecular flexibility index (Phi) is 5.96. The minimum Gasteiger partial charge on any atom is -0.489 e. The number of hydrogen-bond donors (Lipinski definition) is 0. The molecule has 1 aliphatic heterocycles. The highest BCUT2D eigenvalue weighted by Gasteiger charge is 2.24. The first-order valence-electron chi connectivity index (χ1n) is 10.4. The first-order chi connectivity index (χ1) is 13.7. The smallest absolute Gasteiger partial charge is 0.337 e. The number of ether oxygens (including phenoxy) is 2. The van der Waals surface area contributed by atoms with Gasteiger partial charge in [-0.05, 0) is 66.6 Å². The molecule has 1 aliphatic carbocycles. The Balaban J connectivity index is 1.39. The molecule has 0 atom stereocenters. The standard InChI is InChI=1S/C24H29NO3/c1-27-24(26)21-6-4-5-18(15-21)17-28-23-10-9-19-11-13-25(14-12-20(19)16-23)22-7-2-3-8-22/h4-6,9-10,15-16,22H,2-3,7-8,11-14,17H2,1H3. The number of carbonyl (C=O) groups excluding carboxylic acids is 1. The summed E-state index contributed by atoms with van der Waals surface area (Å²) in [6.45, 7) is 2.78. The predicted octanol–water partition coefficient (Wildman–Crippen LogP) is 4.40. The lowest BCUT2D eigenvalue weighted by Crippen LogP contribution is -2.35. The van der Waals surface area contributed by atoms with Gasteiger partial charge in [-0.3, -0.25) is 4.90 Å². The maximum Gasteiger partial charge on any atom is 0.337 e. The summed E-state index contributed by atoms with van der Waals surface area (Å²) in [6.07, 6.45) is 7.76. The number of hydrogen-bond acceptors (Lipinski definition) is 4. The molecule has 2 aliphatic rings. The van der Waals surface area contributed by atoms with E-state index in [9.17, 15) is 4.79 Å². The second kappa shape index (κ2) is 8.78. The molecule has 1 fully saturated rings. The van der Waals surface area contributed by atoms with E-state index in [0.717, 1.165) is 36.7 Å². The van der Waals surface area contributed by atoms with Crippen molar-refractivity contribution < 1.29 is 14.3 Å². The van der Waals surface area contributed by atoms with Gasteiger partial charge in [0.15, 0.2) is 0 Å². The number of rotatable bonds is 5. The van der Waals surface area contributed by atoms with Gasteiger partial charge in [0.1, 0.15) is 12.4 Å². The van der Waals surface area contributed by atoms with Crippen molar-refractivity contribution in [2.24, 2.45) is 0 Å². The first kappa shape index (κ1) is 19.0. The highest BCUT2D eigenvalue weighted by atomic mass is 16.5. The maximum absolute atomic E-state index is 11.7. The van der Waals surface area contributed by atoms with Crippen LogP contribution in [0.3, 0.4) is 0 Å². The van der Waals surface area contributed by atoms with Crippen molar-refractivity contribution in [2.45, 2.75) is 51.2 Å². The lowest BCUT2D eigenvalue weighted by Gasteiger charge is -2.26. The third-order valence-corrected chi connectivity index (χ3v) is 6.11. The van der Waals surface area contributed by atoms with Crippen LogP contribution < -0.4 is 4.74 Å². The average molecular weight is 380 g/mol. The van der Waals surface area contributed by atoms with E-state index >= 15 is 0 Å². The summed E-state index contributed by atoms with van der Waals surface area (Å²) in [4.78, 5) is 14.4. The molecular weight excluding hydrogens is 350 g/mol. The third-order valence-electron chi connectivity index (χ3n) is 6.11. The van der Waals surface area contributed by atoms with Gasteiger partial charge in [0.25, 0.3) is 0 Å². The van der Waals surface area contributed by atoms with Gasteiger partial charge in [0.05, 0.1) is 12.7 Å². The molecule has 4 heteroatoms. The topological polar surface area (TPSA) is 38.8 Å². The minimum absolute atomic E-state index is 0.321. The molecule has 0 amide bonds. The fourth-order valence-electron chi connectivity index (χ4n) is 4.52. The van der Waals surface area contributed by atoms with Crippen molar-refractivity contribution in [3.8, 4) is 5.75 Å². The molecule has 0 radical (unpaired) electrons. The summed E-state index contributed by atoms with van der Waals surface area (Å²) in [6, 6.07) is 14.7. The highest BCUT2D eigenvalue weighted by Crippen LogP contribution is 2.28. The van der Waals surface area contributed by atoms with Gasteiger partial charge in [-0.15, -0.1) is 0 Å². The Morgan fingerprint density at radius 3 is 2.61 bits per heavy atom. The minimum atomic E-state index is -0.321. The predicted molar refractivity (Wildman–Crippen MR) is 110 cm³/mol. The Morgan fingerprint density at radius 1 is 1.04 bits per heavy atom. The van der Waals surface area contributed by atoms with E-state index in [2.05, 4.69) is 23.1 Å². The normalized spacial score (nSPS) is 17.8. The lowest BCUT2D eigenvalue weighted by molar-refractivity contribution is 0.0600. The molecule has 0 N–H and O–H groups in total. The van der Waals surface area contributed by atoms with Crippen LogP contribution in [-0.2, 0) is 24.2 Å². The summed E-state index contributed by atoms with van der Waals surface area (Å²) in [5.74, 6) is 0.579. The van der Waals surface area contributed by atoms with Crippen molar-refractivity contribution in [3.05, 3.63) is 64.7 Å². The highest BCUT2D eigenvalue weighted by molar-refractivity contribution is 5.89. The number of carbonyl (C=O) groups is 1. The number of nitrogens with zero attached hydrogens (tertiary/aromatic N) is 1. The third kappa shape index (κ3) is 4.39. The second-order valence-corrected chi connectivity index (χ2v) is 7.89. The van der Waals surface area contributed by atoms with Crippen LogP contribution in [-0.4, -0.2) is 37.1 Å². The Bertz CT molecular complexity index is 826. The van der Waals surface area contributed by atoms with Crippen molar-refractivity contribution in [2.75, 3.05) is 20.2 Å². The van der Waals surface area contributed by atoms with Gasteiger partial charge in [0, 0.05) is 19.1 Å². The van der Waals surface area contributed by atoms with Gasteiger partial charge in [0.2, 0.25) is 0 Å².